The smallest absolute Gasteiger partial charge is 0.198 e. The summed E-state index contributed by atoms with van der Waals surface area (Å²) in [5, 5.41) is 8.58. The van der Waals surface area contributed by atoms with Gasteiger partial charge >= 0.3 is 12.1 Å². The molecule has 1 unspecified atom stereocenters. The average Bonchev–Trinajstić information content (AvgIpc) is 2.26. The van der Waals surface area contributed by atoms with Crippen LogP contribution >= 0.6 is 0 Å². The molecule has 0 bridgehead atoms. The van der Waals surface area contributed by atoms with Crippen LogP contribution in [-0.4, -0.2) is 6.18 Å². The fraction of sp³-hybridized carbons (Fsp3) is 0.364. The Balaban J connectivity index is 3.22. The van der Waals surface area contributed by atoms with Crippen LogP contribution in [0.2, 0.25) is 0 Å². The first kappa shape index (κ1) is 13.4. The summed E-state index contributed by atoms with van der Waals surface area (Å²) in [5.74, 6) is -5.64. The quantitative estimate of drug-likeness (QED) is 0.727. The van der Waals surface area contributed by atoms with E-state index in [-0.39, 0.29) is 5.56 Å². The van der Waals surface area contributed by atoms with Gasteiger partial charge < -0.3 is 0 Å². The summed E-state index contributed by atoms with van der Waals surface area (Å²) in [6.07, 6.45) is -5.64. The van der Waals surface area contributed by atoms with Gasteiger partial charge in [-0.1, -0.05) is 18.2 Å². The Morgan fingerprint density at radius 2 is 1.76 bits per heavy atom. The molecule has 0 aromatic heterocycles. The van der Waals surface area contributed by atoms with Crippen molar-refractivity contribution in [2.45, 2.75) is 24.9 Å². The molecule has 0 heterocycles. The number of halogens is 5. The molecule has 0 saturated carbocycles. The zero-order valence-corrected chi connectivity index (χ0v) is 8.72. The van der Waals surface area contributed by atoms with Gasteiger partial charge in [0.05, 0.1) is 12.0 Å². The summed E-state index contributed by atoms with van der Waals surface area (Å²) < 4.78 is 62.4. The van der Waals surface area contributed by atoms with E-state index in [4.69, 9.17) is 5.26 Å². The second-order valence-electron chi connectivity index (χ2n) is 3.55. The number of nitriles is 1. The van der Waals surface area contributed by atoms with E-state index in [9.17, 15) is 22.0 Å². The molecule has 0 radical (unpaired) electrons. The van der Waals surface area contributed by atoms with Crippen molar-refractivity contribution >= 4 is 0 Å². The highest BCUT2D eigenvalue weighted by Gasteiger charge is 2.58. The molecule has 0 amide bonds. The summed E-state index contributed by atoms with van der Waals surface area (Å²) in [7, 11) is 0. The van der Waals surface area contributed by atoms with Crippen LogP contribution in [0.15, 0.2) is 24.3 Å². The molecule has 6 heteroatoms. The SMILES string of the molecule is CC(C#N)c1cccc(C(F)(F)C(F)(F)F)c1. The fourth-order valence-electron chi connectivity index (χ4n) is 1.24. The Bertz CT molecular complexity index is 444. The maximum atomic E-state index is 13.0. The van der Waals surface area contributed by atoms with Gasteiger partial charge in [-0.05, 0) is 18.6 Å². The molecule has 1 aromatic rings. The summed E-state index contributed by atoms with van der Waals surface area (Å²) in [4.78, 5) is 0. The maximum absolute atomic E-state index is 13.0. The number of hydrogen-bond acceptors (Lipinski definition) is 1. The van der Waals surface area contributed by atoms with Crippen LogP contribution in [-0.2, 0) is 5.92 Å². The largest absolute Gasteiger partial charge is 0.458 e. The first-order chi connectivity index (χ1) is 7.70. The first-order valence-electron chi connectivity index (χ1n) is 4.64. The number of benzene rings is 1. The van der Waals surface area contributed by atoms with E-state index in [1.807, 2.05) is 0 Å². The van der Waals surface area contributed by atoms with E-state index in [0.29, 0.717) is 12.1 Å². The number of alkyl halides is 5. The predicted octanol–water partition coefficient (Wildman–Crippen LogP) is 3.97. The molecular formula is C11H8F5N. The Morgan fingerprint density at radius 1 is 1.18 bits per heavy atom. The lowest BCUT2D eigenvalue weighted by Gasteiger charge is -2.20. The second kappa shape index (κ2) is 4.32. The molecular weight excluding hydrogens is 241 g/mol. The molecule has 0 N–H and O–H groups in total. The van der Waals surface area contributed by atoms with Crippen LogP contribution in [0.5, 0.6) is 0 Å². The molecule has 1 atom stereocenters. The number of nitrogens with zero attached hydrogens (tertiary/aromatic N) is 1. The van der Waals surface area contributed by atoms with Crippen molar-refractivity contribution in [2.75, 3.05) is 0 Å². The van der Waals surface area contributed by atoms with Crippen molar-refractivity contribution in [1.82, 2.24) is 0 Å². The van der Waals surface area contributed by atoms with E-state index in [1.54, 1.807) is 6.07 Å². The van der Waals surface area contributed by atoms with Crippen molar-refractivity contribution in [1.29, 1.82) is 5.26 Å². The summed E-state index contributed by atoms with van der Waals surface area (Å²) >= 11 is 0. The van der Waals surface area contributed by atoms with Crippen LogP contribution in [0.4, 0.5) is 22.0 Å². The lowest BCUT2D eigenvalue weighted by Crippen LogP contribution is -2.33. The van der Waals surface area contributed by atoms with Crippen LogP contribution in [0.25, 0.3) is 0 Å². The van der Waals surface area contributed by atoms with E-state index in [0.717, 1.165) is 6.07 Å². The van der Waals surface area contributed by atoms with Gasteiger partial charge in [0.25, 0.3) is 0 Å². The third-order valence-corrected chi connectivity index (χ3v) is 2.30. The Hall–Kier alpha value is -1.64. The molecule has 0 aliphatic carbocycles. The van der Waals surface area contributed by atoms with Crippen molar-refractivity contribution < 1.29 is 22.0 Å². The second-order valence-corrected chi connectivity index (χ2v) is 3.55. The average molecular weight is 249 g/mol. The third-order valence-electron chi connectivity index (χ3n) is 2.30. The zero-order chi connectivity index (χ0) is 13.3. The van der Waals surface area contributed by atoms with Crippen molar-refractivity contribution in [3.05, 3.63) is 35.4 Å². The molecule has 0 aliphatic heterocycles. The fourth-order valence-corrected chi connectivity index (χ4v) is 1.24. The monoisotopic (exact) mass is 249 g/mol. The molecule has 1 rings (SSSR count). The van der Waals surface area contributed by atoms with Gasteiger partial charge in [0.15, 0.2) is 0 Å². The van der Waals surface area contributed by atoms with Gasteiger partial charge in [-0.25, -0.2) is 0 Å². The zero-order valence-electron chi connectivity index (χ0n) is 8.72. The Kier molecular flexibility index (Phi) is 3.41. The van der Waals surface area contributed by atoms with Gasteiger partial charge in [-0.2, -0.15) is 27.2 Å². The molecule has 0 spiro atoms. The third kappa shape index (κ3) is 2.54. The van der Waals surface area contributed by atoms with Gasteiger partial charge in [0.2, 0.25) is 0 Å². The summed E-state index contributed by atoms with van der Waals surface area (Å²) in [6.45, 7) is 1.42. The highest BCUT2D eigenvalue weighted by molar-refractivity contribution is 5.32. The highest BCUT2D eigenvalue weighted by atomic mass is 19.4. The predicted molar refractivity (Wildman–Crippen MR) is 50.4 cm³/mol. The maximum Gasteiger partial charge on any atom is 0.458 e. The van der Waals surface area contributed by atoms with Crippen LogP contribution < -0.4 is 0 Å². The summed E-state index contributed by atoms with van der Waals surface area (Å²) in [6, 6.07) is 5.60. The van der Waals surface area contributed by atoms with Crippen LogP contribution in [0, 0.1) is 11.3 Å². The molecule has 0 saturated heterocycles. The minimum Gasteiger partial charge on any atom is -0.198 e. The minimum absolute atomic E-state index is 0.133. The number of hydrogen-bond donors (Lipinski definition) is 0. The van der Waals surface area contributed by atoms with Gasteiger partial charge in [-0.15, -0.1) is 0 Å². The van der Waals surface area contributed by atoms with Gasteiger partial charge in [-0.3, -0.25) is 0 Å². The minimum atomic E-state index is -5.64. The Morgan fingerprint density at radius 3 is 2.24 bits per heavy atom. The lowest BCUT2D eigenvalue weighted by atomic mass is 9.98. The lowest BCUT2D eigenvalue weighted by molar-refractivity contribution is -0.289. The van der Waals surface area contributed by atoms with Gasteiger partial charge in [0.1, 0.15) is 0 Å². The molecule has 0 aliphatic rings. The van der Waals surface area contributed by atoms with E-state index < -0.39 is 23.6 Å². The van der Waals surface area contributed by atoms with E-state index >= 15 is 0 Å². The molecule has 1 aromatic carbocycles. The van der Waals surface area contributed by atoms with E-state index in [2.05, 4.69) is 0 Å². The van der Waals surface area contributed by atoms with Crippen LogP contribution in [0.3, 0.4) is 0 Å². The van der Waals surface area contributed by atoms with Crippen molar-refractivity contribution in [3.8, 4) is 6.07 Å². The molecule has 17 heavy (non-hydrogen) atoms. The molecule has 0 fully saturated rings. The molecule has 92 valence electrons. The normalized spacial score (nSPS) is 14.2. The first-order valence-corrected chi connectivity index (χ1v) is 4.64. The van der Waals surface area contributed by atoms with Gasteiger partial charge in [0, 0.05) is 5.56 Å². The topological polar surface area (TPSA) is 23.8 Å². The standard InChI is InChI=1S/C11H8F5N/c1-7(6-17)8-3-2-4-9(5-8)10(12,13)11(14,15)16/h2-5,7H,1H3. The van der Waals surface area contributed by atoms with Crippen molar-refractivity contribution in [3.63, 3.8) is 0 Å². The Labute approximate surface area is 94.5 Å². The molecule has 1 nitrogen and oxygen atoms in total. The van der Waals surface area contributed by atoms with Crippen molar-refractivity contribution in [2.24, 2.45) is 0 Å². The highest BCUT2D eigenvalue weighted by Crippen LogP contribution is 2.44. The summed E-state index contributed by atoms with van der Waals surface area (Å²) in [5.41, 5.74) is -1.02. The van der Waals surface area contributed by atoms with E-state index in [1.165, 1.54) is 13.0 Å². The van der Waals surface area contributed by atoms with Crippen LogP contribution in [0.1, 0.15) is 24.0 Å². The number of rotatable bonds is 2.